The third-order valence-electron chi connectivity index (χ3n) is 3.86. The third-order valence-corrected chi connectivity index (χ3v) is 4.73. The summed E-state index contributed by atoms with van der Waals surface area (Å²) in [6, 6.07) is 16.9. The van der Waals surface area contributed by atoms with E-state index in [1.54, 1.807) is 18.5 Å². The minimum absolute atomic E-state index is 0.123. The number of nitrogens with one attached hydrogen (secondary N) is 2. The normalized spacial score (nSPS) is 11.5. The molecule has 2 aromatic heterocycles. The van der Waals surface area contributed by atoms with Crippen LogP contribution in [0.5, 0.6) is 0 Å². The molecule has 0 saturated heterocycles. The van der Waals surface area contributed by atoms with Crippen molar-refractivity contribution in [2.24, 2.45) is 0 Å². The smallest absolute Gasteiger partial charge is 0.261 e. The Hall–Kier alpha value is -2.99. The lowest BCUT2D eigenvalue weighted by molar-refractivity contribution is -0.121. The van der Waals surface area contributed by atoms with Gasteiger partial charge in [-0.05, 0) is 34.7 Å². The molecule has 1 aromatic carbocycles. The van der Waals surface area contributed by atoms with E-state index in [2.05, 4.69) is 15.6 Å². The van der Waals surface area contributed by atoms with Crippen LogP contribution in [0.1, 0.15) is 33.3 Å². The molecule has 2 N–H and O–H groups in total. The second-order valence-electron chi connectivity index (χ2n) is 5.67. The molecule has 2 heterocycles. The first-order valence-electron chi connectivity index (χ1n) is 8.30. The second-order valence-corrected chi connectivity index (χ2v) is 6.62. The third kappa shape index (κ3) is 4.77. The van der Waals surface area contributed by atoms with Crippen LogP contribution in [0.4, 0.5) is 0 Å². The number of carbonyl (C=O) groups excluding carboxylic acids is 2. The fourth-order valence-corrected chi connectivity index (χ4v) is 3.22. The van der Waals surface area contributed by atoms with Gasteiger partial charge in [0.2, 0.25) is 5.91 Å². The van der Waals surface area contributed by atoms with E-state index >= 15 is 0 Å². The lowest BCUT2D eigenvalue weighted by Crippen LogP contribution is -2.33. The summed E-state index contributed by atoms with van der Waals surface area (Å²) in [5.41, 5.74) is 1.96. The summed E-state index contributed by atoms with van der Waals surface area (Å²) in [4.78, 5) is 29.0. The summed E-state index contributed by atoms with van der Waals surface area (Å²) in [6.45, 7) is 0.292. The Balaban J connectivity index is 1.60. The van der Waals surface area contributed by atoms with Gasteiger partial charge in [0.25, 0.3) is 5.91 Å². The first kappa shape index (κ1) is 17.8. The van der Waals surface area contributed by atoms with Crippen LogP contribution in [0.3, 0.4) is 0 Å². The Morgan fingerprint density at radius 3 is 2.38 bits per heavy atom. The maximum absolute atomic E-state index is 12.4. The molecule has 0 saturated carbocycles. The van der Waals surface area contributed by atoms with Gasteiger partial charge in [-0.1, -0.05) is 36.4 Å². The SMILES string of the molecule is O=C(CCNC(=O)c1cccs1)NC(c1ccccc1)c1ccncc1. The maximum atomic E-state index is 12.4. The number of thiophene rings is 1. The molecule has 0 aliphatic rings. The Bertz CT molecular complexity index is 797. The topological polar surface area (TPSA) is 71.1 Å². The maximum Gasteiger partial charge on any atom is 0.261 e. The van der Waals surface area contributed by atoms with Crippen molar-refractivity contribution in [3.05, 3.63) is 88.4 Å². The lowest BCUT2D eigenvalue weighted by atomic mass is 9.99. The summed E-state index contributed by atoms with van der Waals surface area (Å²) in [5.74, 6) is -0.274. The second kappa shape index (κ2) is 8.92. The van der Waals surface area contributed by atoms with E-state index in [0.29, 0.717) is 11.4 Å². The number of benzene rings is 1. The van der Waals surface area contributed by atoms with Crippen LogP contribution in [0.15, 0.2) is 72.4 Å². The molecule has 1 atom stereocenters. The van der Waals surface area contributed by atoms with Gasteiger partial charge in [0, 0.05) is 25.4 Å². The quantitative estimate of drug-likeness (QED) is 0.676. The average molecular weight is 365 g/mol. The van der Waals surface area contributed by atoms with E-state index in [9.17, 15) is 9.59 Å². The first-order valence-corrected chi connectivity index (χ1v) is 9.18. The van der Waals surface area contributed by atoms with Gasteiger partial charge in [0.1, 0.15) is 0 Å². The molecule has 1 unspecified atom stereocenters. The number of hydrogen-bond acceptors (Lipinski definition) is 4. The molecule has 0 radical (unpaired) electrons. The van der Waals surface area contributed by atoms with Gasteiger partial charge in [-0.25, -0.2) is 0 Å². The minimum atomic E-state index is -0.250. The summed E-state index contributed by atoms with van der Waals surface area (Å²) >= 11 is 1.38. The standard InChI is InChI=1S/C20H19N3O2S/c24-18(10-13-22-20(25)17-7-4-14-26-17)23-19(15-5-2-1-3-6-15)16-8-11-21-12-9-16/h1-9,11-12,14,19H,10,13H2,(H,22,25)(H,23,24). The number of nitrogens with zero attached hydrogens (tertiary/aromatic N) is 1. The molecule has 0 fully saturated rings. The Morgan fingerprint density at radius 2 is 1.69 bits per heavy atom. The first-order chi connectivity index (χ1) is 12.7. The van der Waals surface area contributed by atoms with Crippen molar-refractivity contribution in [1.82, 2.24) is 15.6 Å². The summed E-state index contributed by atoms with van der Waals surface area (Å²) in [6.07, 6.45) is 3.63. The monoisotopic (exact) mass is 365 g/mol. The van der Waals surface area contributed by atoms with Gasteiger partial charge in [0.05, 0.1) is 10.9 Å². The average Bonchev–Trinajstić information content (AvgIpc) is 3.22. The van der Waals surface area contributed by atoms with Gasteiger partial charge in [-0.2, -0.15) is 0 Å². The Labute approximate surface area is 156 Å². The number of rotatable bonds is 7. The largest absolute Gasteiger partial charge is 0.351 e. The number of carbonyl (C=O) groups is 2. The fraction of sp³-hybridized carbons (Fsp3) is 0.150. The molecule has 5 nitrogen and oxygen atoms in total. The number of pyridine rings is 1. The van der Waals surface area contributed by atoms with Crippen LogP contribution in [0, 0.1) is 0 Å². The molecule has 0 aliphatic heterocycles. The zero-order chi connectivity index (χ0) is 18.2. The van der Waals surface area contributed by atoms with Crippen LogP contribution >= 0.6 is 11.3 Å². The van der Waals surface area contributed by atoms with Gasteiger partial charge in [-0.15, -0.1) is 11.3 Å². The predicted molar refractivity (Wildman–Crippen MR) is 102 cm³/mol. The molecule has 26 heavy (non-hydrogen) atoms. The van der Waals surface area contributed by atoms with Crippen LogP contribution < -0.4 is 10.6 Å². The summed E-state index contributed by atoms with van der Waals surface area (Å²) in [5, 5.41) is 7.66. The predicted octanol–water partition coefficient (Wildman–Crippen LogP) is 3.17. The van der Waals surface area contributed by atoms with E-state index in [4.69, 9.17) is 0 Å². The zero-order valence-electron chi connectivity index (χ0n) is 14.1. The molecule has 132 valence electrons. The number of hydrogen-bond donors (Lipinski definition) is 2. The summed E-state index contributed by atoms with van der Waals surface area (Å²) in [7, 11) is 0. The fourth-order valence-electron chi connectivity index (χ4n) is 2.58. The van der Waals surface area contributed by atoms with Crippen molar-refractivity contribution in [3.63, 3.8) is 0 Å². The van der Waals surface area contributed by atoms with Crippen LogP contribution in [0.25, 0.3) is 0 Å². The Morgan fingerprint density at radius 1 is 0.962 bits per heavy atom. The molecular weight excluding hydrogens is 346 g/mol. The highest BCUT2D eigenvalue weighted by molar-refractivity contribution is 7.12. The molecule has 3 aromatic rings. The van der Waals surface area contributed by atoms with E-state index in [-0.39, 0.29) is 24.3 Å². The minimum Gasteiger partial charge on any atom is -0.351 e. The summed E-state index contributed by atoms with van der Waals surface area (Å²) < 4.78 is 0. The van der Waals surface area contributed by atoms with Crippen LogP contribution in [-0.2, 0) is 4.79 Å². The van der Waals surface area contributed by atoms with Crippen LogP contribution in [-0.4, -0.2) is 23.3 Å². The molecule has 0 bridgehead atoms. The van der Waals surface area contributed by atoms with Crippen molar-refractivity contribution in [3.8, 4) is 0 Å². The Kier molecular flexibility index (Phi) is 6.11. The molecule has 3 rings (SSSR count). The lowest BCUT2D eigenvalue weighted by Gasteiger charge is -2.19. The van der Waals surface area contributed by atoms with Crippen LogP contribution in [0.2, 0.25) is 0 Å². The highest BCUT2D eigenvalue weighted by Gasteiger charge is 2.16. The number of aromatic nitrogens is 1. The van der Waals surface area contributed by atoms with Crippen molar-refractivity contribution in [2.75, 3.05) is 6.54 Å². The van der Waals surface area contributed by atoms with Crippen molar-refractivity contribution in [2.45, 2.75) is 12.5 Å². The van der Waals surface area contributed by atoms with E-state index in [1.165, 1.54) is 11.3 Å². The van der Waals surface area contributed by atoms with E-state index in [0.717, 1.165) is 11.1 Å². The highest BCUT2D eigenvalue weighted by atomic mass is 32.1. The molecule has 6 heteroatoms. The van der Waals surface area contributed by atoms with Crippen molar-refractivity contribution in [1.29, 1.82) is 0 Å². The van der Waals surface area contributed by atoms with Crippen molar-refractivity contribution < 1.29 is 9.59 Å². The van der Waals surface area contributed by atoms with Gasteiger partial charge >= 0.3 is 0 Å². The molecule has 2 amide bonds. The van der Waals surface area contributed by atoms with E-state index in [1.807, 2.05) is 53.9 Å². The van der Waals surface area contributed by atoms with Gasteiger partial charge in [0.15, 0.2) is 0 Å². The van der Waals surface area contributed by atoms with Gasteiger partial charge < -0.3 is 10.6 Å². The van der Waals surface area contributed by atoms with Gasteiger partial charge in [-0.3, -0.25) is 14.6 Å². The molecule has 0 spiro atoms. The zero-order valence-corrected chi connectivity index (χ0v) is 14.9. The molecule has 0 aliphatic carbocycles. The van der Waals surface area contributed by atoms with E-state index < -0.39 is 0 Å². The highest BCUT2D eigenvalue weighted by Crippen LogP contribution is 2.21. The van der Waals surface area contributed by atoms with Crippen molar-refractivity contribution >= 4 is 23.2 Å². The number of amides is 2. The molecular formula is C20H19N3O2S.